The number of methoxy groups -OCH3 is 1. The van der Waals surface area contributed by atoms with Crippen LogP contribution in [0.1, 0.15) is 17.9 Å². The highest BCUT2D eigenvalue weighted by Crippen LogP contribution is 2.54. The van der Waals surface area contributed by atoms with E-state index in [2.05, 4.69) is 4.74 Å². The zero-order valence-corrected chi connectivity index (χ0v) is 9.81. The van der Waals surface area contributed by atoms with Gasteiger partial charge in [0.1, 0.15) is 0 Å². The molecular formula is C11H10ClNO4. The smallest absolute Gasteiger partial charge is 0.385 e. The predicted molar refractivity (Wildman–Crippen MR) is 60.6 cm³/mol. The number of nitro groups is 1. The third kappa shape index (κ3) is 1.76. The minimum absolute atomic E-state index is 0.175. The van der Waals surface area contributed by atoms with Crippen LogP contribution in [0, 0.1) is 10.1 Å². The highest BCUT2D eigenvalue weighted by Gasteiger charge is 2.73. The molecule has 0 radical (unpaired) electrons. The highest BCUT2D eigenvalue weighted by atomic mass is 35.5. The second-order valence-corrected chi connectivity index (χ2v) is 4.42. The quantitative estimate of drug-likeness (QED) is 0.471. The van der Waals surface area contributed by atoms with Crippen molar-refractivity contribution in [3.63, 3.8) is 0 Å². The molecule has 0 aromatic heterocycles. The van der Waals surface area contributed by atoms with Gasteiger partial charge in [-0.15, -0.1) is 0 Å². The van der Waals surface area contributed by atoms with E-state index in [9.17, 15) is 14.9 Å². The SMILES string of the molecule is COC(=O)[C@@]1([N+](=O)[O-])C[C@@H]1c1ccc(Cl)cc1. The van der Waals surface area contributed by atoms with E-state index in [1.165, 1.54) is 0 Å². The Morgan fingerprint density at radius 3 is 2.59 bits per heavy atom. The Kier molecular flexibility index (Phi) is 2.79. The first-order valence-corrected chi connectivity index (χ1v) is 5.38. The summed E-state index contributed by atoms with van der Waals surface area (Å²) >= 11 is 5.73. The summed E-state index contributed by atoms with van der Waals surface area (Å²) in [4.78, 5) is 22.0. The minimum atomic E-state index is -1.61. The average molecular weight is 256 g/mol. The molecule has 0 N–H and O–H groups in total. The molecule has 0 unspecified atom stereocenters. The normalized spacial score (nSPS) is 26.4. The monoisotopic (exact) mass is 255 g/mol. The van der Waals surface area contributed by atoms with Crippen molar-refractivity contribution in [1.82, 2.24) is 0 Å². The molecule has 1 fully saturated rings. The Balaban J connectivity index is 2.29. The van der Waals surface area contributed by atoms with Crippen LogP contribution in [0.3, 0.4) is 0 Å². The molecule has 0 spiro atoms. The van der Waals surface area contributed by atoms with Gasteiger partial charge in [-0.25, -0.2) is 4.79 Å². The third-order valence-electron chi connectivity index (χ3n) is 3.07. The topological polar surface area (TPSA) is 69.4 Å². The molecule has 2 rings (SSSR count). The molecule has 6 heteroatoms. The maximum absolute atomic E-state index is 11.5. The van der Waals surface area contributed by atoms with Crippen molar-refractivity contribution in [2.24, 2.45) is 0 Å². The van der Waals surface area contributed by atoms with Crippen LogP contribution in [0.25, 0.3) is 0 Å². The minimum Gasteiger partial charge on any atom is -0.464 e. The summed E-state index contributed by atoms with van der Waals surface area (Å²) in [5.41, 5.74) is -0.876. The molecule has 0 saturated heterocycles. The first kappa shape index (κ1) is 11.9. The van der Waals surface area contributed by atoms with Crippen LogP contribution < -0.4 is 0 Å². The Morgan fingerprint density at radius 1 is 1.53 bits per heavy atom. The van der Waals surface area contributed by atoms with E-state index in [-0.39, 0.29) is 6.42 Å². The van der Waals surface area contributed by atoms with Gasteiger partial charge in [-0.2, -0.15) is 0 Å². The number of hydrogen-bond acceptors (Lipinski definition) is 4. The summed E-state index contributed by atoms with van der Waals surface area (Å²) in [6.07, 6.45) is 0.175. The number of rotatable bonds is 3. The van der Waals surface area contributed by atoms with Gasteiger partial charge in [-0.1, -0.05) is 23.7 Å². The molecule has 1 aromatic rings. The van der Waals surface area contributed by atoms with Crippen LogP contribution in [-0.4, -0.2) is 23.5 Å². The fourth-order valence-electron chi connectivity index (χ4n) is 2.02. The van der Waals surface area contributed by atoms with Crippen molar-refractivity contribution in [3.05, 3.63) is 45.0 Å². The zero-order chi connectivity index (χ0) is 12.6. The zero-order valence-electron chi connectivity index (χ0n) is 9.05. The first-order chi connectivity index (χ1) is 8.02. The van der Waals surface area contributed by atoms with Gasteiger partial charge in [0.05, 0.1) is 13.0 Å². The summed E-state index contributed by atoms with van der Waals surface area (Å²) < 4.78 is 4.51. The molecule has 0 bridgehead atoms. The van der Waals surface area contributed by atoms with Gasteiger partial charge >= 0.3 is 11.5 Å². The molecule has 17 heavy (non-hydrogen) atoms. The second kappa shape index (κ2) is 4.00. The van der Waals surface area contributed by atoms with Gasteiger partial charge in [0.15, 0.2) is 0 Å². The maximum atomic E-state index is 11.5. The van der Waals surface area contributed by atoms with Gasteiger partial charge in [-0.05, 0) is 17.7 Å². The summed E-state index contributed by atoms with van der Waals surface area (Å²) in [6, 6.07) is 6.69. The van der Waals surface area contributed by atoms with E-state index in [1.54, 1.807) is 24.3 Å². The molecule has 1 saturated carbocycles. The van der Waals surface area contributed by atoms with E-state index in [0.29, 0.717) is 5.02 Å². The van der Waals surface area contributed by atoms with Gasteiger partial charge in [-0.3, -0.25) is 10.1 Å². The molecule has 1 aliphatic carbocycles. The molecule has 0 amide bonds. The lowest BCUT2D eigenvalue weighted by Gasteiger charge is -2.07. The van der Waals surface area contributed by atoms with Crippen molar-refractivity contribution < 1.29 is 14.5 Å². The molecule has 5 nitrogen and oxygen atoms in total. The molecule has 1 aromatic carbocycles. The van der Waals surface area contributed by atoms with Gasteiger partial charge in [0.25, 0.3) is 0 Å². The van der Waals surface area contributed by atoms with Crippen molar-refractivity contribution in [2.45, 2.75) is 17.9 Å². The lowest BCUT2D eigenvalue weighted by Crippen LogP contribution is -2.34. The fourth-order valence-corrected chi connectivity index (χ4v) is 2.15. The van der Waals surface area contributed by atoms with Gasteiger partial charge < -0.3 is 4.74 Å². The first-order valence-electron chi connectivity index (χ1n) is 5.00. The van der Waals surface area contributed by atoms with Crippen LogP contribution >= 0.6 is 11.6 Å². The van der Waals surface area contributed by atoms with Crippen LogP contribution in [0.4, 0.5) is 0 Å². The fraction of sp³-hybridized carbons (Fsp3) is 0.364. The lowest BCUT2D eigenvalue weighted by molar-refractivity contribution is -0.526. The summed E-state index contributed by atoms with van der Waals surface area (Å²) in [6.45, 7) is 0. The van der Waals surface area contributed by atoms with Crippen LogP contribution in [0.2, 0.25) is 5.02 Å². The molecular weight excluding hydrogens is 246 g/mol. The Labute approximate surface area is 102 Å². The van der Waals surface area contributed by atoms with Gasteiger partial charge in [0, 0.05) is 16.4 Å². The lowest BCUT2D eigenvalue weighted by atomic mass is 10.1. The number of carbonyl (C=O) groups excluding carboxylic acids is 1. The summed E-state index contributed by atoms with van der Waals surface area (Å²) in [5, 5.41) is 11.6. The van der Waals surface area contributed by atoms with Crippen molar-refractivity contribution in [3.8, 4) is 0 Å². The average Bonchev–Trinajstić information content (AvgIpc) is 3.05. The number of nitrogens with zero attached hydrogens (tertiary/aromatic N) is 1. The van der Waals surface area contributed by atoms with E-state index in [4.69, 9.17) is 11.6 Å². The maximum Gasteiger partial charge on any atom is 0.385 e. The number of benzene rings is 1. The largest absolute Gasteiger partial charge is 0.464 e. The molecule has 0 aliphatic heterocycles. The van der Waals surface area contributed by atoms with Crippen LogP contribution in [0.15, 0.2) is 24.3 Å². The predicted octanol–water partition coefficient (Wildman–Crippen LogP) is 2.02. The highest BCUT2D eigenvalue weighted by molar-refractivity contribution is 6.30. The second-order valence-electron chi connectivity index (χ2n) is 3.98. The number of carbonyl (C=O) groups is 1. The van der Waals surface area contributed by atoms with Gasteiger partial charge in [0.2, 0.25) is 0 Å². The number of esters is 1. The molecule has 1 aliphatic rings. The van der Waals surface area contributed by atoms with Crippen LogP contribution in [0.5, 0.6) is 0 Å². The Morgan fingerprint density at radius 2 is 2.12 bits per heavy atom. The van der Waals surface area contributed by atoms with E-state index < -0.39 is 22.3 Å². The Hall–Kier alpha value is -1.62. The summed E-state index contributed by atoms with van der Waals surface area (Å²) in [5.74, 6) is -1.22. The van der Waals surface area contributed by atoms with Crippen molar-refractivity contribution in [2.75, 3.05) is 7.11 Å². The number of halogens is 1. The summed E-state index contributed by atoms with van der Waals surface area (Å²) in [7, 11) is 1.16. The molecule has 0 heterocycles. The van der Waals surface area contributed by atoms with Crippen molar-refractivity contribution >= 4 is 17.6 Å². The Bertz CT molecular complexity index is 473. The molecule has 2 atom stereocenters. The number of hydrogen-bond donors (Lipinski definition) is 0. The molecule has 90 valence electrons. The third-order valence-corrected chi connectivity index (χ3v) is 3.32. The van der Waals surface area contributed by atoms with Crippen LogP contribution in [-0.2, 0) is 9.53 Å². The van der Waals surface area contributed by atoms with E-state index in [1.807, 2.05) is 0 Å². The van der Waals surface area contributed by atoms with E-state index >= 15 is 0 Å². The standard InChI is InChI=1S/C11H10ClNO4/c1-17-10(14)11(13(15)16)6-9(11)7-2-4-8(12)5-3-7/h2-5,9H,6H2,1H3/t9-,11-/m1/s1. The van der Waals surface area contributed by atoms with Crippen molar-refractivity contribution in [1.29, 1.82) is 0 Å². The van der Waals surface area contributed by atoms with E-state index in [0.717, 1.165) is 12.7 Å². The number of ether oxygens (including phenoxy) is 1.